The lowest BCUT2D eigenvalue weighted by atomic mass is 10.1. The van der Waals surface area contributed by atoms with E-state index in [-0.39, 0.29) is 11.8 Å². The van der Waals surface area contributed by atoms with Gasteiger partial charge in [0.15, 0.2) is 0 Å². The highest BCUT2D eigenvalue weighted by atomic mass is 32.2. The topological polar surface area (TPSA) is 59.3 Å². The summed E-state index contributed by atoms with van der Waals surface area (Å²) in [5, 5.41) is 0. The molecule has 5 heteroatoms. The van der Waals surface area contributed by atoms with Gasteiger partial charge in [-0.2, -0.15) is 0 Å². The van der Waals surface area contributed by atoms with Crippen molar-refractivity contribution in [3.63, 3.8) is 0 Å². The van der Waals surface area contributed by atoms with Crippen LogP contribution in [-0.2, 0) is 22.9 Å². The molecule has 0 amide bonds. The Balaban J connectivity index is 1.84. The lowest BCUT2D eigenvalue weighted by Gasteiger charge is -2.13. The molecule has 0 saturated carbocycles. The molecule has 2 rings (SSSR count). The molecule has 1 atom stereocenters. The van der Waals surface area contributed by atoms with Crippen LogP contribution in [0, 0.1) is 0 Å². The van der Waals surface area contributed by atoms with E-state index in [9.17, 15) is 8.42 Å². The standard InChI is InChI=1S/C15H19NO3S/c1-13(11-15-7-9-19-12-15)16-20(17,18)10-8-14-5-3-2-4-6-14/h2-7,9,12-13,16H,8,10-11H2,1H3. The van der Waals surface area contributed by atoms with Crippen molar-refractivity contribution in [1.82, 2.24) is 4.72 Å². The predicted molar refractivity (Wildman–Crippen MR) is 78.9 cm³/mol. The minimum Gasteiger partial charge on any atom is -0.472 e. The maximum Gasteiger partial charge on any atom is 0.212 e. The molecular weight excluding hydrogens is 274 g/mol. The fraction of sp³-hybridized carbons (Fsp3) is 0.333. The second kappa shape index (κ2) is 6.72. The highest BCUT2D eigenvalue weighted by Gasteiger charge is 2.15. The van der Waals surface area contributed by atoms with Crippen molar-refractivity contribution < 1.29 is 12.8 Å². The zero-order valence-corrected chi connectivity index (χ0v) is 12.3. The molecule has 1 aromatic carbocycles. The molecule has 0 aliphatic carbocycles. The zero-order valence-electron chi connectivity index (χ0n) is 11.5. The van der Waals surface area contributed by atoms with Crippen molar-refractivity contribution in [2.24, 2.45) is 0 Å². The molecule has 0 fully saturated rings. The van der Waals surface area contributed by atoms with Crippen LogP contribution in [-0.4, -0.2) is 20.2 Å². The third kappa shape index (κ3) is 4.83. The van der Waals surface area contributed by atoms with Gasteiger partial charge < -0.3 is 4.42 Å². The molecule has 0 aliphatic heterocycles. The van der Waals surface area contributed by atoms with Gasteiger partial charge in [0.2, 0.25) is 10.0 Å². The van der Waals surface area contributed by atoms with E-state index in [0.29, 0.717) is 12.8 Å². The highest BCUT2D eigenvalue weighted by Crippen LogP contribution is 2.06. The van der Waals surface area contributed by atoms with E-state index in [1.165, 1.54) is 0 Å². The largest absolute Gasteiger partial charge is 0.472 e. The Kier molecular flexibility index (Phi) is 4.98. The van der Waals surface area contributed by atoms with Gasteiger partial charge in [0.05, 0.1) is 18.3 Å². The summed E-state index contributed by atoms with van der Waals surface area (Å²) in [7, 11) is -3.26. The van der Waals surface area contributed by atoms with E-state index in [2.05, 4.69) is 4.72 Å². The van der Waals surface area contributed by atoms with Crippen molar-refractivity contribution in [2.75, 3.05) is 5.75 Å². The van der Waals surface area contributed by atoms with E-state index in [0.717, 1.165) is 11.1 Å². The van der Waals surface area contributed by atoms with Crippen molar-refractivity contribution in [3.8, 4) is 0 Å². The maximum atomic E-state index is 12.0. The Labute approximate surface area is 119 Å². The fourth-order valence-corrected chi connectivity index (χ4v) is 3.39. The predicted octanol–water partition coefficient (Wildman–Crippen LogP) is 2.37. The Hall–Kier alpha value is -1.59. The third-order valence-electron chi connectivity index (χ3n) is 3.01. The second-order valence-electron chi connectivity index (χ2n) is 4.91. The summed E-state index contributed by atoms with van der Waals surface area (Å²) >= 11 is 0. The van der Waals surface area contributed by atoms with E-state index in [4.69, 9.17) is 4.42 Å². The third-order valence-corrected chi connectivity index (χ3v) is 4.51. The Morgan fingerprint density at radius 3 is 2.55 bits per heavy atom. The lowest BCUT2D eigenvalue weighted by Crippen LogP contribution is -2.36. The van der Waals surface area contributed by atoms with E-state index in [1.807, 2.05) is 43.3 Å². The van der Waals surface area contributed by atoms with Crippen LogP contribution in [0.2, 0.25) is 0 Å². The summed E-state index contributed by atoms with van der Waals surface area (Å²) in [6.07, 6.45) is 4.37. The average molecular weight is 293 g/mol. The monoisotopic (exact) mass is 293 g/mol. The lowest BCUT2D eigenvalue weighted by molar-refractivity contribution is 0.549. The first-order valence-corrected chi connectivity index (χ1v) is 8.25. The molecule has 0 aliphatic rings. The van der Waals surface area contributed by atoms with Crippen LogP contribution >= 0.6 is 0 Å². The van der Waals surface area contributed by atoms with E-state index < -0.39 is 10.0 Å². The maximum absolute atomic E-state index is 12.0. The molecule has 1 heterocycles. The molecule has 0 radical (unpaired) electrons. The van der Waals surface area contributed by atoms with Gasteiger partial charge in [-0.15, -0.1) is 0 Å². The zero-order chi connectivity index (χ0) is 14.4. The van der Waals surface area contributed by atoms with Crippen molar-refractivity contribution in [2.45, 2.75) is 25.8 Å². The quantitative estimate of drug-likeness (QED) is 0.852. The molecule has 1 aromatic heterocycles. The van der Waals surface area contributed by atoms with Gasteiger partial charge in [-0.1, -0.05) is 30.3 Å². The summed E-state index contributed by atoms with van der Waals surface area (Å²) in [6.45, 7) is 1.85. The van der Waals surface area contributed by atoms with Crippen LogP contribution in [0.25, 0.3) is 0 Å². The number of furan rings is 1. The molecule has 1 N–H and O–H groups in total. The number of hydrogen-bond acceptors (Lipinski definition) is 3. The summed E-state index contributed by atoms with van der Waals surface area (Å²) in [5.74, 6) is 0.104. The Morgan fingerprint density at radius 2 is 1.90 bits per heavy atom. The van der Waals surface area contributed by atoms with Crippen LogP contribution in [0.4, 0.5) is 0 Å². The number of hydrogen-bond donors (Lipinski definition) is 1. The van der Waals surface area contributed by atoms with Gasteiger partial charge in [-0.3, -0.25) is 0 Å². The van der Waals surface area contributed by atoms with Gasteiger partial charge in [-0.25, -0.2) is 13.1 Å². The number of nitrogens with one attached hydrogen (secondary N) is 1. The average Bonchev–Trinajstić information content (AvgIpc) is 2.90. The van der Waals surface area contributed by atoms with Crippen LogP contribution in [0.1, 0.15) is 18.1 Å². The van der Waals surface area contributed by atoms with Crippen LogP contribution in [0.15, 0.2) is 53.3 Å². The van der Waals surface area contributed by atoms with Gasteiger partial charge in [-0.05, 0) is 37.0 Å². The number of aryl methyl sites for hydroxylation is 1. The summed E-state index contributed by atoms with van der Waals surface area (Å²) in [5.41, 5.74) is 2.02. The number of rotatable bonds is 7. The molecule has 0 spiro atoms. The first kappa shape index (κ1) is 14.8. The first-order chi connectivity index (χ1) is 9.55. The molecular formula is C15H19NO3S. The normalized spacial score (nSPS) is 13.2. The van der Waals surface area contributed by atoms with Crippen molar-refractivity contribution in [1.29, 1.82) is 0 Å². The van der Waals surface area contributed by atoms with Crippen LogP contribution < -0.4 is 4.72 Å². The first-order valence-electron chi connectivity index (χ1n) is 6.60. The highest BCUT2D eigenvalue weighted by molar-refractivity contribution is 7.89. The van der Waals surface area contributed by atoms with Crippen molar-refractivity contribution >= 4 is 10.0 Å². The molecule has 4 nitrogen and oxygen atoms in total. The fourth-order valence-electron chi connectivity index (χ4n) is 2.07. The molecule has 2 aromatic rings. The smallest absolute Gasteiger partial charge is 0.212 e. The molecule has 20 heavy (non-hydrogen) atoms. The van der Waals surface area contributed by atoms with E-state index >= 15 is 0 Å². The van der Waals surface area contributed by atoms with Gasteiger partial charge in [0, 0.05) is 6.04 Å². The van der Waals surface area contributed by atoms with Crippen LogP contribution in [0.5, 0.6) is 0 Å². The summed E-state index contributed by atoms with van der Waals surface area (Å²) in [4.78, 5) is 0. The van der Waals surface area contributed by atoms with Crippen LogP contribution in [0.3, 0.4) is 0 Å². The summed E-state index contributed by atoms with van der Waals surface area (Å²) < 4.78 is 31.7. The minimum absolute atomic E-state index is 0.104. The number of sulfonamides is 1. The molecule has 108 valence electrons. The number of benzene rings is 1. The van der Waals surface area contributed by atoms with Gasteiger partial charge in [0.25, 0.3) is 0 Å². The van der Waals surface area contributed by atoms with Crippen molar-refractivity contribution in [3.05, 3.63) is 60.1 Å². The minimum atomic E-state index is -3.26. The summed E-state index contributed by atoms with van der Waals surface area (Å²) in [6, 6.07) is 11.3. The molecule has 1 unspecified atom stereocenters. The Bertz CT molecular complexity index is 606. The SMILES string of the molecule is CC(Cc1ccoc1)NS(=O)(=O)CCc1ccccc1. The molecule has 0 saturated heterocycles. The molecule has 0 bridgehead atoms. The van der Waals surface area contributed by atoms with Gasteiger partial charge >= 0.3 is 0 Å². The van der Waals surface area contributed by atoms with Gasteiger partial charge in [0.1, 0.15) is 0 Å². The van der Waals surface area contributed by atoms with E-state index in [1.54, 1.807) is 12.5 Å². The Morgan fingerprint density at radius 1 is 1.15 bits per heavy atom. The second-order valence-corrected chi connectivity index (χ2v) is 6.78.